The highest BCUT2D eigenvalue weighted by Gasteiger charge is 2.16. The standard InChI is InChI=1S/C11H5Br4FS/c12-6-2-1-5(3-8(6)16)10(14)9-4-7(13)11(15)17-9/h1-4,10H. The predicted octanol–water partition coefficient (Wildman–Crippen LogP) is 6.66. The van der Waals surface area contributed by atoms with Crippen molar-refractivity contribution in [3.05, 3.63) is 53.3 Å². The molecule has 0 radical (unpaired) electrons. The molecule has 2 aromatic rings. The molecule has 0 saturated heterocycles. The summed E-state index contributed by atoms with van der Waals surface area (Å²) in [5.41, 5.74) is 0.895. The Morgan fingerprint density at radius 3 is 2.29 bits per heavy atom. The fourth-order valence-corrected chi connectivity index (χ4v) is 4.36. The second-order valence-corrected chi connectivity index (χ2v) is 8.33. The van der Waals surface area contributed by atoms with Crippen LogP contribution in [0.25, 0.3) is 0 Å². The maximum absolute atomic E-state index is 13.5. The number of halogens is 5. The van der Waals surface area contributed by atoms with Gasteiger partial charge in [-0.3, -0.25) is 0 Å². The van der Waals surface area contributed by atoms with Gasteiger partial charge in [-0.15, -0.1) is 11.3 Å². The number of rotatable bonds is 2. The van der Waals surface area contributed by atoms with Crippen LogP contribution < -0.4 is 0 Å². The lowest BCUT2D eigenvalue weighted by atomic mass is 10.1. The number of hydrogen-bond donors (Lipinski definition) is 0. The van der Waals surface area contributed by atoms with Crippen molar-refractivity contribution in [3.8, 4) is 0 Å². The van der Waals surface area contributed by atoms with Gasteiger partial charge in [0.05, 0.1) is 13.1 Å². The van der Waals surface area contributed by atoms with Gasteiger partial charge in [0.1, 0.15) is 5.82 Å². The van der Waals surface area contributed by atoms with Crippen LogP contribution in [0.15, 0.2) is 37.0 Å². The smallest absolute Gasteiger partial charge is 0.137 e. The summed E-state index contributed by atoms with van der Waals surface area (Å²) in [6.07, 6.45) is 0. The van der Waals surface area contributed by atoms with E-state index in [0.717, 1.165) is 18.7 Å². The van der Waals surface area contributed by atoms with Crippen LogP contribution in [-0.2, 0) is 0 Å². The van der Waals surface area contributed by atoms with Crippen LogP contribution >= 0.6 is 75.1 Å². The first-order chi connectivity index (χ1) is 7.99. The lowest BCUT2D eigenvalue weighted by molar-refractivity contribution is 0.619. The summed E-state index contributed by atoms with van der Waals surface area (Å²) in [4.78, 5) is 1.11. The summed E-state index contributed by atoms with van der Waals surface area (Å²) in [6.45, 7) is 0. The largest absolute Gasteiger partial charge is 0.206 e. The van der Waals surface area contributed by atoms with Gasteiger partial charge in [0.2, 0.25) is 0 Å². The molecule has 0 N–H and O–H groups in total. The molecule has 6 heteroatoms. The van der Waals surface area contributed by atoms with Crippen LogP contribution in [0.5, 0.6) is 0 Å². The van der Waals surface area contributed by atoms with Crippen molar-refractivity contribution >= 4 is 75.1 Å². The average Bonchev–Trinajstić information content (AvgIpc) is 2.62. The van der Waals surface area contributed by atoms with Crippen molar-refractivity contribution in [2.24, 2.45) is 0 Å². The third-order valence-corrected chi connectivity index (χ3v) is 7.44. The molecule has 90 valence electrons. The van der Waals surface area contributed by atoms with Crippen LogP contribution in [0.1, 0.15) is 15.3 Å². The molecular formula is C11H5Br4FS. The Morgan fingerprint density at radius 1 is 1.06 bits per heavy atom. The highest BCUT2D eigenvalue weighted by molar-refractivity contribution is 9.13. The lowest BCUT2D eigenvalue weighted by Crippen LogP contribution is -1.91. The Balaban J connectivity index is 2.36. The predicted molar refractivity (Wildman–Crippen MR) is 84.6 cm³/mol. The Hall–Kier alpha value is 0.770. The van der Waals surface area contributed by atoms with Crippen molar-refractivity contribution in [2.45, 2.75) is 4.83 Å². The maximum Gasteiger partial charge on any atom is 0.137 e. The van der Waals surface area contributed by atoms with E-state index in [0.29, 0.717) is 4.47 Å². The molecule has 1 aromatic heterocycles. The first-order valence-electron chi connectivity index (χ1n) is 4.53. The zero-order valence-corrected chi connectivity index (χ0v) is 15.3. The van der Waals surface area contributed by atoms with Crippen molar-refractivity contribution < 1.29 is 4.39 Å². The highest BCUT2D eigenvalue weighted by atomic mass is 79.9. The van der Waals surface area contributed by atoms with Crippen molar-refractivity contribution in [2.75, 3.05) is 0 Å². The van der Waals surface area contributed by atoms with Crippen molar-refractivity contribution in [1.82, 2.24) is 0 Å². The molecule has 0 nitrogen and oxygen atoms in total. The van der Waals surface area contributed by atoms with Gasteiger partial charge in [-0.2, -0.15) is 0 Å². The Morgan fingerprint density at radius 2 is 1.76 bits per heavy atom. The van der Waals surface area contributed by atoms with E-state index >= 15 is 0 Å². The van der Waals surface area contributed by atoms with E-state index in [2.05, 4.69) is 63.7 Å². The Kier molecular flexibility index (Phi) is 4.86. The molecule has 1 unspecified atom stereocenters. The normalized spacial score (nSPS) is 12.8. The molecule has 1 heterocycles. The fraction of sp³-hybridized carbons (Fsp3) is 0.0909. The number of thiophene rings is 1. The minimum atomic E-state index is -0.248. The molecule has 2 rings (SSSR count). The molecule has 0 saturated carbocycles. The van der Waals surface area contributed by atoms with E-state index in [1.165, 1.54) is 6.07 Å². The van der Waals surface area contributed by atoms with Gasteiger partial charge in [0, 0.05) is 9.35 Å². The fourth-order valence-electron chi connectivity index (χ4n) is 1.32. The maximum atomic E-state index is 13.5. The van der Waals surface area contributed by atoms with Gasteiger partial charge in [0.15, 0.2) is 0 Å². The van der Waals surface area contributed by atoms with E-state index in [1.54, 1.807) is 17.4 Å². The minimum Gasteiger partial charge on any atom is -0.206 e. The molecule has 0 aliphatic rings. The van der Waals surface area contributed by atoms with Gasteiger partial charge >= 0.3 is 0 Å². The zero-order chi connectivity index (χ0) is 12.6. The summed E-state index contributed by atoms with van der Waals surface area (Å²) in [5, 5.41) is 0. The second kappa shape index (κ2) is 5.82. The van der Waals surface area contributed by atoms with Gasteiger partial charge in [-0.25, -0.2) is 4.39 Å². The van der Waals surface area contributed by atoms with Crippen LogP contribution in [0.3, 0.4) is 0 Å². The van der Waals surface area contributed by atoms with Gasteiger partial charge in [0.25, 0.3) is 0 Å². The second-order valence-electron chi connectivity index (χ2n) is 3.31. The molecule has 0 fully saturated rings. The zero-order valence-electron chi connectivity index (χ0n) is 8.18. The first kappa shape index (κ1) is 14.2. The molecular weight excluding hydrogens is 503 g/mol. The van der Waals surface area contributed by atoms with E-state index < -0.39 is 0 Å². The number of hydrogen-bond acceptors (Lipinski definition) is 1. The molecule has 0 amide bonds. The summed E-state index contributed by atoms with van der Waals surface area (Å²) in [5.74, 6) is -0.248. The van der Waals surface area contributed by atoms with Crippen LogP contribution in [0.2, 0.25) is 0 Å². The third kappa shape index (κ3) is 3.21. The van der Waals surface area contributed by atoms with Crippen molar-refractivity contribution in [1.29, 1.82) is 0 Å². The van der Waals surface area contributed by atoms with E-state index in [9.17, 15) is 4.39 Å². The molecule has 1 atom stereocenters. The Bertz CT molecular complexity index is 533. The van der Waals surface area contributed by atoms with Crippen molar-refractivity contribution in [3.63, 3.8) is 0 Å². The quantitative estimate of drug-likeness (QED) is 0.399. The molecule has 17 heavy (non-hydrogen) atoms. The van der Waals surface area contributed by atoms with Crippen LogP contribution in [0.4, 0.5) is 4.39 Å². The molecule has 0 aliphatic carbocycles. The SMILES string of the molecule is Fc1cc(C(Br)c2cc(Br)c(Br)s2)ccc1Br. The topological polar surface area (TPSA) is 0 Å². The summed E-state index contributed by atoms with van der Waals surface area (Å²) in [7, 11) is 0. The molecule has 0 bridgehead atoms. The van der Waals surface area contributed by atoms with Gasteiger partial charge in [-0.05, 0) is 71.6 Å². The minimum absolute atomic E-state index is 0.00213. The summed E-state index contributed by atoms with van der Waals surface area (Å²) < 4.78 is 16.0. The Labute approximate surface area is 136 Å². The first-order valence-corrected chi connectivity index (χ1v) is 8.64. The van der Waals surface area contributed by atoms with Crippen LogP contribution in [-0.4, -0.2) is 0 Å². The molecule has 0 spiro atoms. The third-order valence-electron chi connectivity index (χ3n) is 2.15. The van der Waals surface area contributed by atoms with E-state index in [4.69, 9.17) is 0 Å². The molecule has 0 aliphatic heterocycles. The molecule has 1 aromatic carbocycles. The number of alkyl halides is 1. The average molecular weight is 508 g/mol. The van der Waals surface area contributed by atoms with E-state index in [1.807, 2.05) is 12.1 Å². The summed E-state index contributed by atoms with van der Waals surface area (Å²) >= 11 is 15.2. The lowest BCUT2D eigenvalue weighted by Gasteiger charge is -2.08. The van der Waals surface area contributed by atoms with Crippen LogP contribution in [0, 0.1) is 5.82 Å². The van der Waals surface area contributed by atoms with Gasteiger partial charge < -0.3 is 0 Å². The monoisotopic (exact) mass is 504 g/mol. The highest BCUT2D eigenvalue weighted by Crippen LogP contribution is 2.41. The van der Waals surface area contributed by atoms with Gasteiger partial charge in [-0.1, -0.05) is 22.0 Å². The summed E-state index contributed by atoms with van der Waals surface area (Å²) in [6, 6.07) is 7.17. The number of benzene rings is 1. The van der Waals surface area contributed by atoms with E-state index in [-0.39, 0.29) is 10.6 Å².